The molecule has 0 saturated heterocycles. The summed E-state index contributed by atoms with van der Waals surface area (Å²) in [6.07, 6.45) is 1.04. The van der Waals surface area contributed by atoms with Crippen molar-refractivity contribution in [3.05, 3.63) is 42.2 Å². The van der Waals surface area contributed by atoms with E-state index in [-0.39, 0.29) is 17.9 Å². The lowest BCUT2D eigenvalue weighted by molar-refractivity contribution is -0.169. The Labute approximate surface area is 140 Å². The lowest BCUT2D eigenvalue weighted by Gasteiger charge is -2.28. The summed E-state index contributed by atoms with van der Waals surface area (Å²) in [6.45, 7) is 8.38. The van der Waals surface area contributed by atoms with Crippen LogP contribution in [0.5, 0.6) is 5.75 Å². The quantitative estimate of drug-likeness (QED) is 0.448. The maximum atomic E-state index is 14.0. The lowest BCUT2D eigenvalue weighted by atomic mass is 9.91. The Bertz CT molecular complexity index is 638. The number of ether oxygens (including phenoxy) is 2. The van der Waals surface area contributed by atoms with Crippen LogP contribution in [0.4, 0.5) is 4.39 Å². The van der Waals surface area contributed by atoms with E-state index in [1.54, 1.807) is 20.8 Å². The highest BCUT2D eigenvalue weighted by molar-refractivity contribution is 6.04. The number of benzene rings is 1. The molecule has 0 aliphatic heterocycles. The summed E-state index contributed by atoms with van der Waals surface area (Å²) in [5.74, 6) is -3.33. The fourth-order valence-electron chi connectivity index (χ4n) is 1.85. The molecular weight excluding hydrogens is 317 g/mol. The van der Waals surface area contributed by atoms with Crippen LogP contribution >= 0.6 is 0 Å². The maximum absolute atomic E-state index is 14.0. The minimum Gasteiger partial charge on any atom is -0.486 e. The summed E-state index contributed by atoms with van der Waals surface area (Å²) in [5.41, 5.74) is 2.77. The zero-order chi connectivity index (χ0) is 18.5. The average molecular weight is 339 g/mol. The van der Waals surface area contributed by atoms with E-state index in [1.807, 2.05) is 0 Å². The second-order valence-corrected chi connectivity index (χ2v) is 6.32. The van der Waals surface area contributed by atoms with Gasteiger partial charge in [-0.3, -0.25) is 0 Å². The number of carbonyl (C=O) groups excluding carboxylic acids is 1. The van der Waals surface area contributed by atoms with Crippen LogP contribution in [0, 0.1) is 5.82 Å². The van der Waals surface area contributed by atoms with E-state index in [1.165, 1.54) is 18.2 Å². The van der Waals surface area contributed by atoms with Gasteiger partial charge >= 0.3 is 11.9 Å². The molecule has 0 unspecified atom stereocenters. The molecule has 1 rings (SSSR count). The molecule has 0 aromatic heterocycles. The monoisotopic (exact) mass is 339 g/mol. The molecule has 7 heteroatoms. The first-order valence-corrected chi connectivity index (χ1v) is 7.27. The number of hydrogen-bond acceptors (Lipinski definition) is 5. The molecule has 6 nitrogen and oxygen atoms in total. The Morgan fingerprint density at radius 2 is 2.00 bits per heavy atom. The van der Waals surface area contributed by atoms with Gasteiger partial charge in [-0.05, 0) is 38.5 Å². The third-order valence-electron chi connectivity index (χ3n) is 2.98. The van der Waals surface area contributed by atoms with Crippen LogP contribution in [0.2, 0.25) is 0 Å². The lowest BCUT2D eigenvalue weighted by Crippen LogP contribution is -2.58. The first-order valence-electron chi connectivity index (χ1n) is 7.27. The average Bonchev–Trinajstić information content (AvgIpc) is 2.44. The number of aliphatic carboxylic acids is 1. The van der Waals surface area contributed by atoms with Crippen molar-refractivity contribution < 1.29 is 28.6 Å². The highest BCUT2D eigenvalue weighted by Crippen LogP contribution is 2.23. The molecule has 24 heavy (non-hydrogen) atoms. The SMILES string of the molecule is C=CCOc1ccc(C[C@@](N)(C(=O)O)C(=O)OC(C)(C)C)cc1F. The third-order valence-corrected chi connectivity index (χ3v) is 2.98. The van der Waals surface area contributed by atoms with Crippen LogP contribution in [-0.2, 0) is 20.7 Å². The molecular formula is C17H22FNO5. The molecule has 0 saturated carbocycles. The Hall–Kier alpha value is -2.41. The van der Waals surface area contributed by atoms with Gasteiger partial charge in [0.1, 0.15) is 12.2 Å². The fourth-order valence-corrected chi connectivity index (χ4v) is 1.85. The van der Waals surface area contributed by atoms with E-state index in [4.69, 9.17) is 15.2 Å². The topological polar surface area (TPSA) is 98.9 Å². The predicted molar refractivity (Wildman–Crippen MR) is 86.2 cm³/mol. The van der Waals surface area contributed by atoms with Crippen molar-refractivity contribution in [3.8, 4) is 5.75 Å². The Kier molecular flexibility index (Phi) is 6.09. The molecule has 0 spiro atoms. The molecule has 132 valence electrons. The van der Waals surface area contributed by atoms with Crippen molar-refractivity contribution in [2.24, 2.45) is 5.73 Å². The zero-order valence-corrected chi connectivity index (χ0v) is 14.0. The van der Waals surface area contributed by atoms with Crippen LogP contribution in [0.3, 0.4) is 0 Å². The van der Waals surface area contributed by atoms with Gasteiger partial charge in [-0.2, -0.15) is 0 Å². The smallest absolute Gasteiger partial charge is 0.338 e. The van der Waals surface area contributed by atoms with Crippen molar-refractivity contribution in [1.82, 2.24) is 0 Å². The van der Waals surface area contributed by atoms with E-state index in [2.05, 4.69) is 6.58 Å². The fraction of sp³-hybridized carbons (Fsp3) is 0.412. The molecule has 0 amide bonds. The molecule has 0 aliphatic carbocycles. The number of nitrogens with two attached hydrogens (primary N) is 1. The van der Waals surface area contributed by atoms with Crippen molar-refractivity contribution in [3.63, 3.8) is 0 Å². The maximum Gasteiger partial charge on any atom is 0.338 e. The van der Waals surface area contributed by atoms with Gasteiger partial charge in [-0.25, -0.2) is 14.0 Å². The van der Waals surface area contributed by atoms with Crippen LogP contribution in [-0.4, -0.2) is 34.8 Å². The summed E-state index contributed by atoms with van der Waals surface area (Å²) in [5, 5.41) is 9.35. The third kappa shape index (κ3) is 5.06. The number of carboxylic acids is 1. The molecule has 0 radical (unpaired) electrons. The number of esters is 1. The number of carbonyl (C=O) groups is 2. The molecule has 0 heterocycles. The summed E-state index contributed by atoms with van der Waals surface area (Å²) in [7, 11) is 0. The minimum atomic E-state index is -2.32. The number of carboxylic acid groups (broad SMARTS) is 1. The normalized spacial score (nSPS) is 13.7. The summed E-state index contributed by atoms with van der Waals surface area (Å²) < 4.78 is 24.1. The molecule has 1 aromatic carbocycles. The van der Waals surface area contributed by atoms with Crippen LogP contribution < -0.4 is 10.5 Å². The van der Waals surface area contributed by atoms with Gasteiger partial charge in [0.2, 0.25) is 5.54 Å². The minimum absolute atomic E-state index is 0.00568. The molecule has 0 bridgehead atoms. The Balaban J connectivity index is 3.04. The van der Waals surface area contributed by atoms with Gasteiger partial charge in [0.15, 0.2) is 11.6 Å². The number of halogens is 1. The number of hydrogen-bond donors (Lipinski definition) is 2. The first-order chi connectivity index (χ1) is 11.0. The van der Waals surface area contributed by atoms with Crippen molar-refractivity contribution in [1.29, 1.82) is 0 Å². The van der Waals surface area contributed by atoms with Gasteiger partial charge < -0.3 is 20.3 Å². The van der Waals surface area contributed by atoms with Crippen molar-refractivity contribution in [2.45, 2.75) is 38.3 Å². The van der Waals surface area contributed by atoms with Gasteiger partial charge in [0.25, 0.3) is 0 Å². The summed E-state index contributed by atoms with van der Waals surface area (Å²) in [6, 6.07) is 3.86. The summed E-state index contributed by atoms with van der Waals surface area (Å²) in [4.78, 5) is 23.7. The van der Waals surface area contributed by atoms with Gasteiger partial charge in [-0.1, -0.05) is 18.7 Å². The van der Waals surface area contributed by atoms with E-state index >= 15 is 0 Å². The van der Waals surface area contributed by atoms with Crippen LogP contribution in [0.1, 0.15) is 26.3 Å². The zero-order valence-electron chi connectivity index (χ0n) is 14.0. The van der Waals surface area contributed by atoms with E-state index in [9.17, 15) is 19.1 Å². The van der Waals surface area contributed by atoms with Crippen molar-refractivity contribution in [2.75, 3.05) is 6.61 Å². The molecule has 1 aromatic rings. The largest absolute Gasteiger partial charge is 0.486 e. The van der Waals surface area contributed by atoms with E-state index in [0.29, 0.717) is 0 Å². The number of rotatable bonds is 7. The van der Waals surface area contributed by atoms with Gasteiger partial charge in [-0.15, -0.1) is 0 Å². The molecule has 0 fully saturated rings. The second-order valence-electron chi connectivity index (χ2n) is 6.32. The van der Waals surface area contributed by atoms with E-state index < -0.39 is 35.3 Å². The molecule has 3 N–H and O–H groups in total. The highest BCUT2D eigenvalue weighted by Gasteiger charge is 2.45. The summed E-state index contributed by atoms with van der Waals surface area (Å²) >= 11 is 0. The Morgan fingerprint density at radius 3 is 2.46 bits per heavy atom. The molecule has 0 aliphatic rings. The van der Waals surface area contributed by atoms with Crippen LogP contribution in [0.25, 0.3) is 0 Å². The standard InChI is InChI=1S/C17H22FNO5/c1-5-8-23-13-7-6-11(9-12(13)18)10-17(19,14(20)21)15(22)24-16(2,3)4/h5-7,9H,1,8,10,19H2,2-4H3,(H,20,21)/t17-/m1/s1. The highest BCUT2D eigenvalue weighted by atomic mass is 19.1. The van der Waals surface area contributed by atoms with Crippen molar-refractivity contribution >= 4 is 11.9 Å². The molecule has 1 atom stereocenters. The van der Waals surface area contributed by atoms with Gasteiger partial charge in [0.05, 0.1) is 0 Å². The predicted octanol–water partition coefficient (Wildman–Crippen LogP) is 2.06. The first kappa shape index (κ1) is 19.6. The second kappa shape index (κ2) is 7.44. The Morgan fingerprint density at radius 1 is 1.38 bits per heavy atom. The van der Waals surface area contributed by atoms with Crippen LogP contribution in [0.15, 0.2) is 30.9 Å². The van der Waals surface area contributed by atoms with E-state index in [0.717, 1.165) is 6.07 Å². The van der Waals surface area contributed by atoms with Gasteiger partial charge in [0, 0.05) is 6.42 Å².